The molecule has 24 heavy (non-hydrogen) atoms. The summed E-state index contributed by atoms with van der Waals surface area (Å²) in [6.45, 7) is 4.43. The number of hydrogen-bond acceptors (Lipinski definition) is 1. The van der Waals surface area contributed by atoms with Crippen LogP contribution in [-0.2, 0) is 0 Å². The third-order valence-corrected chi connectivity index (χ3v) is 4.43. The smallest absolute Gasteiger partial charge is 0.0934 e. The van der Waals surface area contributed by atoms with Crippen LogP contribution in [-0.4, -0.2) is 9.78 Å². The second-order valence-electron chi connectivity index (χ2n) is 6.39. The molecule has 4 rings (SSSR count). The Kier molecular flexibility index (Phi) is 3.66. The van der Waals surface area contributed by atoms with E-state index in [1.165, 1.54) is 16.5 Å². The first kappa shape index (κ1) is 14.7. The Bertz CT molecular complexity index is 964. The van der Waals surface area contributed by atoms with Crippen molar-refractivity contribution in [2.75, 3.05) is 0 Å². The molecule has 0 aliphatic heterocycles. The van der Waals surface area contributed by atoms with Gasteiger partial charge in [-0.3, -0.25) is 0 Å². The average Bonchev–Trinajstić information content (AvgIpc) is 3.02. The first-order valence-corrected chi connectivity index (χ1v) is 8.37. The Morgan fingerprint density at radius 3 is 2.12 bits per heavy atom. The van der Waals surface area contributed by atoms with Crippen LogP contribution in [0.25, 0.3) is 27.8 Å². The fraction of sp³-hybridized carbons (Fsp3) is 0.136. The minimum Gasteiger partial charge on any atom is -0.232 e. The molecule has 1 heterocycles. The summed E-state index contributed by atoms with van der Waals surface area (Å²) in [5, 5.41) is 6.03. The lowest BCUT2D eigenvalue weighted by Gasteiger charge is -2.10. The molecule has 0 fully saturated rings. The van der Waals surface area contributed by atoms with E-state index in [-0.39, 0.29) is 0 Å². The molecule has 2 nitrogen and oxygen atoms in total. The molecular weight excluding hydrogens is 292 g/mol. The molecule has 0 N–H and O–H groups in total. The summed E-state index contributed by atoms with van der Waals surface area (Å²) in [6, 6.07) is 27.5. The van der Waals surface area contributed by atoms with Gasteiger partial charge in [-0.05, 0) is 29.7 Å². The Labute approximate surface area is 142 Å². The Balaban J connectivity index is 1.95. The third kappa shape index (κ3) is 2.50. The van der Waals surface area contributed by atoms with Crippen molar-refractivity contribution in [1.82, 2.24) is 9.78 Å². The monoisotopic (exact) mass is 312 g/mol. The topological polar surface area (TPSA) is 17.8 Å². The minimum absolute atomic E-state index is 0.532. The van der Waals surface area contributed by atoms with E-state index in [1.54, 1.807) is 0 Å². The zero-order chi connectivity index (χ0) is 16.5. The van der Waals surface area contributed by atoms with Crippen LogP contribution in [0.3, 0.4) is 0 Å². The number of fused-ring (bicyclic) bond motifs is 1. The van der Waals surface area contributed by atoms with Crippen LogP contribution in [0.15, 0.2) is 78.9 Å². The van der Waals surface area contributed by atoms with E-state index < -0.39 is 0 Å². The highest BCUT2D eigenvalue weighted by Gasteiger charge is 2.14. The summed E-state index contributed by atoms with van der Waals surface area (Å²) >= 11 is 0. The number of benzene rings is 3. The van der Waals surface area contributed by atoms with E-state index in [9.17, 15) is 0 Å². The lowest BCUT2D eigenvalue weighted by Crippen LogP contribution is -1.99. The summed E-state index contributed by atoms with van der Waals surface area (Å²) in [5.41, 5.74) is 5.78. The quantitative estimate of drug-likeness (QED) is 0.466. The van der Waals surface area contributed by atoms with Gasteiger partial charge in [0.1, 0.15) is 0 Å². The van der Waals surface area contributed by atoms with Gasteiger partial charge in [0.2, 0.25) is 0 Å². The van der Waals surface area contributed by atoms with E-state index in [0.29, 0.717) is 5.92 Å². The summed E-state index contributed by atoms with van der Waals surface area (Å²) in [7, 11) is 0. The van der Waals surface area contributed by atoms with Crippen molar-refractivity contribution in [1.29, 1.82) is 0 Å². The molecule has 0 radical (unpaired) electrons. The van der Waals surface area contributed by atoms with Gasteiger partial charge in [-0.15, -0.1) is 0 Å². The Morgan fingerprint density at radius 1 is 0.750 bits per heavy atom. The molecule has 0 unspecified atom stereocenters. The average molecular weight is 312 g/mol. The van der Waals surface area contributed by atoms with Crippen molar-refractivity contribution < 1.29 is 0 Å². The van der Waals surface area contributed by atoms with Crippen LogP contribution in [0, 0.1) is 0 Å². The second kappa shape index (κ2) is 5.97. The van der Waals surface area contributed by atoms with Crippen LogP contribution in [0.2, 0.25) is 0 Å². The fourth-order valence-corrected chi connectivity index (χ4v) is 3.09. The van der Waals surface area contributed by atoms with Crippen molar-refractivity contribution in [3.05, 3.63) is 84.4 Å². The molecule has 3 aromatic carbocycles. The molecule has 0 spiro atoms. The van der Waals surface area contributed by atoms with Crippen LogP contribution >= 0.6 is 0 Å². The zero-order valence-electron chi connectivity index (χ0n) is 14.0. The van der Waals surface area contributed by atoms with Crippen LogP contribution < -0.4 is 0 Å². The minimum atomic E-state index is 0.532. The van der Waals surface area contributed by atoms with Crippen molar-refractivity contribution in [2.24, 2.45) is 0 Å². The van der Waals surface area contributed by atoms with E-state index >= 15 is 0 Å². The van der Waals surface area contributed by atoms with Gasteiger partial charge in [-0.2, -0.15) is 5.10 Å². The van der Waals surface area contributed by atoms with Gasteiger partial charge < -0.3 is 0 Å². The molecule has 0 amide bonds. The van der Waals surface area contributed by atoms with Gasteiger partial charge in [0.15, 0.2) is 0 Å². The second-order valence-corrected chi connectivity index (χ2v) is 6.39. The SMILES string of the molecule is CC(C)c1ccc(-n2nc3ccccc3c2-c2ccccc2)cc1. The molecule has 0 saturated heterocycles. The maximum atomic E-state index is 4.85. The van der Waals surface area contributed by atoms with Crippen molar-refractivity contribution in [3.8, 4) is 16.9 Å². The predicted octanol–water partition coefficient (Wildman–Crippen LogP) is 5.82. The summed E-state index contributed by atoms with van der Waals surface area (Å²) in [5.74, 6) is 0.532. The van der Waals surface area contributed by atoms with Gasteiger partial charge in [0.05, 0.1) is 16.9 Å². The third-order valence-electron chi connectivity index (χ3n) is 4.43. The maximum absolute atomic E-state index is 4.85. The molecular formula is C22H20N2. The highest BCUT2D eigenvalue weighted by molar-refractivity contribution is 5.94. The Morgan fingerprint density at radius 2 is 1.42 bits per heavy atom. The number of aromatic nitrogens is 2. The van der Waals surface area contributed by atoms with E-state index in [1.807, 2.05) is 12.1 Å². The van der Waals surface area contributed by atoms with Crippen molar-refractivity contribution >= 4 is 10.9 Å². The highest BCUT2D eigenvalue weighted by atomic mass is 15.3. The van der Waals surface area contributed by atoms with Crippen LogP contribution in [0.1, 0.15) is 25.3 Å². The zero-order valence-corrected chi connectivity index (χ0v) is 14.0. The Hall–Kier alpha value is -2.87. The van der Waals surface area contributed by atoms with Gasteiger partial charge in [0, 0.05) is 10.9 Å². The summed E-state index contributed by atoms with van der Waals surface area (Å²) in [4.78, 5) is 0. The molecule has 0 saturated carbocycles. The van der Waals surface area contributed by atoms with Crippen LogP contribution in [0.5, 0.6) is 0 Å². The summed E-state index contributed by atoms with van der Waals surface area (Å²) in [6.07, 6.45) is 0. The van der Waals surface area contributed by atoms with E-state index in [2.05, 4.69) is 85.3 Å². The lowest BCUT2D eigenvalue weighted by atomic mass is 10.0. The van der Waals surface area contributed by atoms with Crippen molar-refractivity contribution in [3.63, 3.8) is 0 Å². The fourth-order valence-electron chi connectivity index (χ4n) is 3.09. The molecule has 0 atom stereocenters. The predicted molar refractivity (Wildman–Crippen MR) is 101 cm³/mol. The largest absolute Gasteiger partial charge is 0.232 e. The number of nitrogens with zero attached hydrogens (tertiary/aromatic N) is 2. The van der Waals surface area contributed by atoms with E-state index in [0.717, 1.165) is 16.9 Å². The standard InChI is InChI=1S/C22H20N2/c1-16(2)17-12-14-19(15-13-17)24-22(18-8-4-3-5-9-18)20-10-6-7-11-21(20)23-24/h3-16H,1-2H3. The maximum Gasteiger partial charge on any atom is 0.0934 e. The molecule has 1 aromatic heterocycles. The first-order valence-electron chi connectivity index (χ1n) is 8.37. The van der Waals surface area contributed by atoms with Gasteiger partial charge in [0.25, 0.3) is 0 Å². The summed E-state index contributed by atoms with van der Waals surface area (Å²) < 4.78 is 2.06. The number of hydrogen-bond donors (Lipinski definition) is 0. The molecule has 0 aliphatic rings. The normalized spacial score (nSPS) is 11.3. The molecule has 2 heteroatoms. The first-order chi connectivity index (χ1) is 11.7. The number of rotatable bonds is 3. The lowest BCUT2D eigenvalue weighted by molar-refractivity contribution is 0.859. The van der Waals surface area contributed by atoms with Gasteiger partial charge in [-0.25, -0.2) is 4.68 Å². The van der Waals surface area contributed by atoms with Crippen LogP contribution in [0.4, 0.5) is 0 Å². The molecule has 118 valence electrons. The molecule has 0 aliphatic carbocycles. The van der Waals surface area contributed by atoms with Gasteiger partial charge in [-0.1, -0.05) is 74.5 Å². The highest BCUT2D eigenvalue weighted by Crippen LogP contribution is 2.31. The molecule has 0 bridgehead atoms. The van der Waals surface area contributed by atoms with Crippen molar-refractivity contribution in [2.45, 2.75) is 19.8 Å². The van der Waals surface area contributed by atoms with Gasteiger partial charge >= 0.3 is 0 Å². The van der Waals surface area contributed by atoms with E-state index in [4.69, 9.17) is 5.10 Å². The molecule has 4 aromatic rings.